The standard InChI is InChI=1S/C16H15F3N2/c17-16(18,19)12-6-7-13(20-9-12)10-21-15-8-14(15)11-4-2-1-3-5-11/h1-7,9,14-15,21H,8,10H2. The maximum atomic E-state index is 12.4. The molecular weight excluding hydrogens is 277 g/mol. The summed E-state index contributed by atoms with van der Waals surface area (Å²) in [6.07, 6.45) is -2.38. The van der Waals surface area contributed by atoms with Crippen molar-refractivity contribution in [2.45, 2.75) is 31.1 Å². The van der Waals surface area contributed by atoms with E-state index in [0.29, 0.717) is 24.2 Å². The number of rotatable bonds is 4. The first-order chi connectivity index (χ1) is 10.0. The highest BCUT2D eigenvalue weighted by molar-refractivity contribution is 5.27. The van der Waals surface area contributed by atoms with Crippen LogP contribution in [0.3, 0.4) is 0 Å². The molecule has 3 rings (SSSR count). The van der Waals surface area contributed by atoms with Gasteiger partial charge in [0, 0.05) is 24.7 Å². The molecule has 0 saturated heterocycles. The molecule has 1 aliphatic carbocycles. The topological polar surface area (TPSA) is 24.9 Å². The lowest BCUT2D eigenvalue weighted by atomic mass is 10.1. The Morgan fingerprint density at radius 2 is 1.86 bits per heavy atom. The van der Waals surface area contributed by atoms with E-state index in [1.165, 1.54) is 11.6 Å². The highest BCUT2D eigenvalue weighted by Crippen LogP contribution is 2.40. The Hall–Kier alpha value is -1.88. The van der Waals surface area contributed by atoms with Gasteiger partial charge in [-0.25, -0.2) is 0 Å². The van der Waals surface area contributed by atoms with Gasteiger partial charge in [-0.1, -0.05) is 30.3 Å². The summed E-state index contributed by atoms with van der Waals surface area (Å²) >= 11 is 0. The van der Waals surface area contributed by atoms with Gasteiger partial charge in [0.15, 0.2) is 0 Å². The average Bonchev–Trinajstić information content (AvgIpc) is 3.25. The minimum atomic E-state index is -4.33. The molecule has 0 bridgehead atoms. The summed E-state index contributed by atoms with van der Waals surface area (Å²) in [7, 11) is 0. The summed E-state index contributed by atoms with van der Waals surface area (Å²) in [5, 5.41) is 3.34. The molecule has 21 heavy (non-hydrogen) atoms. The molecule has 0 aliphatic heterocycles. The summed E-state index contributed by atoms with van der Waals surface area (Å²) in [5.74, 6) is 0.501. The number of aromatic nitrogens is 1. The van der Waals surface area contributed by atoms with Gasteiger partial charge in [-0.3, -0.25) is 4.98 Å². The van der Waals surface area contributed by atoms with Crippen LogP contribution in [0.1, 0.15) is 29.2 Å². The fourth-order valence-electron chi connectivity index (χ4n) is 2.42. The Morgan fingerprint density at radius 1 is 1.10 bits per heavy atom. The van der Waals surface area contributed by atoms with Crippen LogP contribution in [0.15, 0.2) is 48.7 Å². The van der Waals surface area contributed by atoms with E-state index in [9.17, 15) is 13.2 Å². The van der Waals surface area contributed by atoms with E-state index in [4.69, 9.17) is 0 Å². The number of benzene rings is 1. The van der Waals surface area contributed by atoms with Crippen molar-refractivity contribution in [1.29, 1.82) is 0 Å². The van der Waals surface area contributed by atoms with Crippen molar-refractivity contribution in [1.82, 2.24) is 10.3 Å². The number of hydrogen-bond acceptors (Lipinski definition) is 2. The summed E-state index contributed by atoms with van der Waals surface area (Å²) in [5.41, 5.74) is 1.22. The third-order valence-electron chi connectivity index (χ3n) is 3.72. The van der Waals surface area contributed by atoms with Crippen LogP contribution in [0, 0.1) is 0 Å². The predicted octanol–water partition coefficient (Wildman–Crippen LogP) is 3.75. The smallest absolute Gasteiger partial charge is 0.308 e. The quantitative estimate of drug-likeness (QED) is 0.928. The second-order valence-electron chi connectivity index (χ2n) is 5.28. The highest BCUT2D eigenvalue weighted by Gasteiger charge is 2.37. The van der Waals surface area contributed by atoms with E-state index in [1.54, 1.807) is 0 Å². The zero-order valence-electron chi connectivity index (χ0n) is 11.3. The van der Waals surface area contributed by atoms with E-state index in [-0.39, 0.29) is 0 Å². The Balaban J connectivity index is 1.53. The zero-order valence-corrected chi connectivity index (χ0v) is 11.3. The molecule has 1 aliphatic rings. The second kappa shape index (κ2) is 5.48. The van der Waals surface area contributed by atoms with E-state index in [2.05, 4.69) is 22.4 Å². The van der Waals surface area contributed by atoms with Crippen molar-refractivity contribution in [3.8, 4) is 0 Å². The lowest BCUT2D eigenvalue weighted by Crippen LogP contribution is -2.18. The predicted molar refractivity (Wildman–Crippen MR) is 73.7 cm³/mol. The molecule has 1 heterocycles. The van der Waals surface area contributed by atoms with Crippen molar-refractivity contribution in [2.24, 2.45) is 0 Å². The number of halogens is 3. The molecule has 0 radical (unpaired) electrons. The van der Waals surface area contributed by atoms with Crippen molar-refractivity contribution in [2.75, 3.05) is 0 Å². The van der Waals surface area contributed by atoms with Gasteiger partial charge in [0.25, 0.3) is 0 Å². The van der Waals surface area contributed by atoms with Gasteiger partial charge in [0.2, 0.25) is 0 Å². The number of alkyl halides is 3. The fraction of sp³-hybridized carbons (Fsp3) is 0.312. The van der Waals surface area contributed by atoms with Crippen LogP contribution < -0.4 is 5.32 Å². The van der Waals surface area contributed by atoms with Gasteiger partial charge >= 0.3 is 6.18 Å². The lowest BCUT2D eigenvalue weighted by molar-refractivity contribution is -0.137. The molecule has 1 aromatic carbocycles. The van der Waals surface area contributed by atoms with Crippen LogP contribution in [-0.2, 0) is 12.7 Å². The molecule has 2 nitrogen and oxygen atoms in total. The van der Waals surface area contributed by atoms with Gasteiger partial charge in [-0.15, -0.1) is 0 Å². The van der Waals surface area contributed by atoms with Crippen molar-refractivity contribution in [3.05, 3.63) is 65.5 Å². The molecule has 110 valence electrons. The van der Waals surface area contributed by atoms with Crippen LogP contribution in [0.4, 0.5) is 13.2 Å². The van der Waals surface area contributed by atoms with E-state index in [1.807, 2.05) is 18.2 Å². The fourth-order valence-corrected chi connectivity index (χ4v) is 2.42. The first kappa shape index (κ1) is 14.1. The molecule has 1 aromatic heterocycles. The minimum Gasteiger partial charge on any atom is -0.308 e. The maximum Gasteiger partial charge on any atom is 0.417 e. The normalized spacial score (nSPS) is 21.3. The minimum absolute atomic E-state index is 0.386. The molecule has 2 aromatic rings. The molecule has 1 fully saturated rings. The molecular formula is C16H15F3N2. The lowest BCUT2D eigenvalue weighted by Gasteiger charge is -2.07. The number of nitrogens with one attached hydrogen (secondary N) is 1. The maximum absolute atomic E-state index is 12.4. The van der Waals surface area contributed by atoms with Gasteiger partial charge in [0.1, 0.15) is 0 Å². The van der Waals surface area contributed by atoms with Crippen LogP contribution >= 0.6 is 0 Å². The largest absolute Gasteiger partial charge is 0.417 e. The Bertz CT molecular complexity index is 593. The SMILES string of the molecule is FC(F)(F)c1ccc(CNC2CC2c2ccccc2)nc1. The number of hydrogen-bond donors (Lipinski definition) is 1. The zero-order chi connectivity index (χ0) is 14.9. The monoisotopic (exact) mass is 292 g/mol. The Morgan fingerprint density at radius 3 is 2.48 bits per heavy atom. The van der Waals surface area contributed by atoms with Crippen LogP contribution in [0.2, 0.25) is 0 Å². The molecule has 1 N–H and O–H groups in total. The van der Waals surface area contributed by atoms with Crippen LogP contribution in [-0.4, -0.2) is 11.0 Å². The Kier molecular flexibility index (Phi) is 3.68. The molecule has 0 spiro atoms. The molecule has 2 atom stereocenters. The van der Waals surface area contributed by atoms with Gasteiger partial charge < -0.3 is 5.32 Å². The van der Waals surface area contributed by atoms with Crippen molar-refractivity contribution < 1.29 is 13.2 Å². The average molecular weight is 292 g/mol. The van der Waals surface area contributed by atoms with Gasteiger partial charge in [0.05, 0.1) is 11.3 Å². The van der Waals surface area contributed by atoms with E-state index >= 15 is 0 Å². The molecule has 1 saturated carbocycles. The first-order valence-corrected chi connectivity index (χ1v) is 6.84. The summed E-state index contributed by atoms with van der Waals surface area (Å²) in [6.45, 7) is 0.492. The van der Waals surface area contributed by atoms with Crippen LogP contribution in [0.5, 0.6) is 0 Å². The first-order valence-electron chi connectivity index (χ1n) is 6.84. The third kappa shape index (κ3) is 3.42. The number of nitrogens with zero attached hydrogens (tertiary/aromatic N) is 1. The molecule has 5 heteroatoms. The molecule has 0 amide bonds. The number of pyridine rings is 1. The highest BCUT2D eigenvalue weighted by atomic mass is 19.4. The summed E-state index contributed by atoms with van der Waals surface area (Å²) in [6, 6.07) is 13.1. The van der Waals surface area contributed by atoms with Gasteiger partial charge in [-0.05, 0) is 24.1 Å². The van der Waals surface area contributed by atoms with Crippen molar-refractivity contribution in [3.63, 3.8) is 0 Å². The van der Waals surface area contributed by atoms with Gasteiger partial charge in [-0.2, -0.15) is 13.2 Å². The van der Waals surface area contributed by atoms with E-state index < -0.39 is 11.7 Å². The summed E-state index contributed by atoms with van der Waals surface area (Å²) < 4.78 is 37.3. The molecule has 2 unspecified atom stereocenters. The third-order valence-corrected chi connectivity index (χ3v) is 3.72. The second-order valence-corrected chi connectivity index (χ2v) is 5.28. The Labute approximate surface area is 121 Å². The van der Waals surface area contributed by atoms with E-state index in [0.717, 1.165) is 18.7 Å². The summed E-state index contributed by atoms with van der Waals surface area (Å²) in [4.78, 5) is 3.86. The van der Waals surface area contributed by atoms with Crippen molar-refractivity contribution >= 4 is 0 Å². The van der Waals surface area contributed by atoms with Crippen LogP contribution in [0.25, 0.3) is 0 Å².